The molecule has 1 aromatic heterocycles. The van der Waals surface area contributed by atoms with Crippen LogP contribution in [0, 0.1) is 0 Å². The Hall–Kier alpha value is -2.92. The van der Waals surface area contributed by atoms with Gasteiger partial charge in [0, 0.05) is 12.4 Å². The largest absolute Gasteiger partial charge is 0.378 e. The molecule has 3 rings (SSSR count). The first-order valence-electron chi connectivity index (χ1n) is 7.78. The predicted octanol–water partition coefficient (Wildman–Crippen LogP) is 2.78. The van der Waals surface area contributed by atoms with Crippen LogP contribution in [0.5, 0.6) is 0 Å². The highest BCUT2D eigenvalue weighted by molar-refractivity contribution is 5.82. The Balaban J connectivity index is 1.72. The molecule has 0 radical (unpaired) electrons. The van der Waals surface area contributed by atoms with Crippen LogP contribution in [0.3, 0.4) is 0 Å². The summed E-state index contributed by atoms with van der Waals surface area (Å²) < 4.78 is 1.76. The highest BCUT2D eigenvalue weighted by atomic mass is 16.3. The number of benzene rings is 2. The number of hydrogen-bond acceptors (Lipinski definition) is 3. The van der Waals surface area contributed by atoms with Gasteiger partial charge in [-0.3, -0.25) is 4.79 Å². The fourth-order valence-electron chi connectivity index (χ4n) is 2.52. The van der Waals surface area contributed by atoms with Crippen molar-refractivity contribution in [3.63, 3.8) is 0 Å². The summed E-state index contributed by atoms with van der Waals surface area (Å²) >= 11 is 0. The van der Waals surface area contributed by atoms with Gasteiger partial charge in [-0.25, -0.2) is 4.68 Å². The zero-order valence-corrected chi connectivity index (χ0v) is 13.3. The molecule has 24 heavy (non-hydrogen) atoms. The molecule has 2 atom stereocenters. The Morgan fingerprint density at radius 1 is 1.08 bits per heavy atom. The maximum Gasteiger partial charge on any atom is 0.253 e. The van der Waals surface area contributed by atoms with E-state index < -0.39 is 12.0 Å². The third-order valence-corrected chi connectivity index (χ3v) is 3.86. The maximum absolute atomic E-state index is 12.3. The number of nitrogens with one attached hydrogen (secondary N) is 1. The lowest BCUT2D eigenvalue weighted by atomic mass is 10.1. The number of aromatic nitrogens is 2. The van der Waals surface area contributed by atoms with Gasteiger partial charge in [-0.15, -0.1) is 0 Å². The first-order valence-corrected chi connectivity index (χ1v) is 7.78. The molecule has 122 valence electrons. The Labute approximate surface area is 140 Å². The number of carbonyl (C=O) groups is 1. The van der Waals surface area contributed by atoms with Crippen LogP contribution in [0.15, 0.2) is 73.1 Å². The van der Waals surface area contributed by atoms with Crippen molar-refractivity contribution in [2.24, 2.45) is 0 Å². The van der Waals surface area contributed by atoms with E-state index in [4.69, 9.17) is 0 Å². The lowest BCUT2D eigenvalue weighted by Gasteiger charge is -2.18. The second-order valence-corrected chi connectivity index (χ2v) is 5.59. The van der Waals surface area contributed by atoms with Crippen molar-refractivity contribution in [3.8, 4) is 5.69 Å². The van der Waals surface area contributed by atoms with Gasteiger partial charge in [0.15, 0.2) is 6.10 Å². The van der Waals surface area contributed by atoms with E-state index >= 15 is 0 Å². The number of hydrogen-bond donors (Lipinski definition) is 2. The highest BCUT2D eigenvalue weighted by Gasteiger charge is 2.19. The fourth-order valence-corrected chi connectivity index (χ4v) is 2.52. The predicted molar refractivity (Wildman–Crippen MR) is 91.5 cm³/mol. The number of rotatable bonds is 5. The summed E-state index contributed by atoms with van der Waals surface area (Å²) in [7, 11) is 0. The van der Waals surface area contributed by atoms with Crippen LogP contribution in [0.4, 0.5) is 0 Å². The summed E-state index contributed by atoms with van der Waals surface area (Å²) in [5.74, 6) is -0.418. The van der Waals surface area contributed by atoms with Crippen molar-refractivity contribution in [1.29, 1.82) is 0 Å². The van der Waals surface area contributed by atoms with Crippen LogP contribution in [0.25, 0.3) is 5.69 Å². The van der Waals surface area contributed by atoms with Gasteiger partial charge in [0.1, 0.15) is 0 Å². The molecule has 2 N–H and O–H groups in total. The van der Waals surface area contributed by atoms with Gasteiger partial charge in [0.25, 0.3) is 5.91 Å². The molecule has 0 aliphatic rings. The lowest BCUT2D eigenvalue weighted by molar-refractivity contribution is -0.130. The van der Waals surface area contributed by atoms with Crippen LogP contribution in [0.2, 0.25) is 0 Å². The molecule has 5 nitrogen and oxygen atoms in total. The van der Waals surface area contributed by atoms with E-state index in [2.05, 4.69) is 10.4 Å². The average Bonchev–Trinajstić information content (AvgIpc) is 3.16. The molecule has 0 saturated carbocycles. The minimum atomic E-state index is -1.18. The third-order valence-electron chi connectivity index (χ3n) is 3.86. The molecule has 2 unspecified atom stereocenters. The van der Waals surface area contributed by atoms with Gasteiger partial charge >= 0.3 is 0 Å². The molecule has 0 fully saturated rings. The third kappa shape index (κ3) is 3.52. The van der Waals surface area contributed by atoms with Crippen LogP contribution in [-0.4, -0.2) is 20.8 Å². The van der Waals surface area contributed by atoms with E-state index in [1.54, 1.807) is 35.1 Å². The number of carbonyl (C=O) groups excluding carboxylic acids is 1. The minimum Gasteiger partial charge on any atom is -0.378 e. The van der Waals surface area contributed by atoms with Gasteiger partial charge in [0.05, 0.1) is 11.7 Å². The number of aliphatic hydroxyl groups is 1. The molecule has 0 spiro atoms. The number of aliphatic hydroxyl groups excluding tert-OH is 1. The van der Waals surface area contributed by atoms with Gasteiger partial charge in [-0.2, -0.15) is 5.10 Å². The lowest BCUT2D eigenvalue weighted by Crippen LogP contribution is -2.31. The molecule has 0 aliphatic heterocycles. The monoisotopic (exact) mass is 321 g/mol. The summed E-state index contributed by atoms with van der Waals surface area (Å²) in [4.78, 5) is 12.3. The molecule has 1 heterocycles. The van der Waals surface area contributed by atoms with Crippen LogP contribution in [0.1, 0.15) is 30.2 Å². The van der Waals surface area contributed by atoms with Gasteiger partial charge in [-0.1, -0.05) is 42.5 Å². The number of amides is 1. The summed E-state index contributed by atoms with van der Waals surface area (Å²) in [5.41, 5.74) is 2.44. The fraction of sp³-hybridized carbons (Fsp3) is 0.158. The summed E-state index contributed by atoms with van der Waals surface area (Å²) in [5, 5.41) is 17.2. The molecule has 0 saturated heterocycles. The summed E-state index contributed by atoms with van der Waals surface area (Å²) in [6, 6.07) is 18.3. The first-order chi connectivity index (χ1) is 11.6. The number of nitrogens with zero attached hydrogens (tertiary/aromatic N) is 2. The van der Waals surface area contributed by atoms with Crippen molar-refractivity contribution < 1.29 is 9.90 Å². The van der Waals surface area contributed by atoms with Crippen molar-refractivity contribution >= 4 is 5.91 Å². The van der Waals surface area contributed by atoms with E-state index in [-0.39, 0.29) is 6.04 Å². The molecular weight excluding hydrogens is 302 g/mol. The molecule has 2 aromatic carbocycles. The van der Waals surface area contributed by atoms with E-state index in [0.717, 1.165) is 11.3 Å². The zero-order chi connectivity index (χ0) is 16.9. The van der Waals surface area contributed by atoms with Crippen molar-refractivity contribution in [2.75, 3.05) is 0 Å². The zero-order valence-electron chi connectivity index (χ0n) is 13.3. The average molecular weight is 321 g/mol. The Morgan fingerprint density at radius 3 is 2.54 bits per heavy atom. The molecule has 0 bridgehead atoms. The van der Waals surface area contributed by atoms with Crippen molar-refractivity contribution in [1.82, 2.24) is 15.1 Å². The standard InChI is InChI=1S/C19H19N3O2/c1-14(21-19(24)18(23)15-7-3-2-4-8-15)16-9-5-10-17(13-16)22-12-6-11-20-22/h2-14,18,23H,1H3,(H,21,24). The van der Waals surface area contributed by atoms with Crippen molar-refractivity contribution in [2.45, 2.75) is 19.1 Å². The van der Waals surface area contributed by atoms with Crippen LogP contribution < -0.4 is 5.32 Å². The summed E-state index contributed by atoms with van der Waals surface area (Å²) in [6.45, 7) is 1.89. The molecular formula is C19H19N3O2. The SMILES string of the molecule is CC(NC(=O)C(O)c1ccccc1)c1cccc(-n2cccn2)c1. The van der Waals surface area contributed by atoms with Gasteiger partial charge in [0.2, 0.25) is 0 Å². The van der Waals surface area contributed by atoms with E-state index in [1.807, 2.05) is 49.5 Å². The topological polar surface area (TPSA) is 67.2 Å². The molecule has 1 amide bonds. The van der Waals surface area contributed by atoms with Crippen molar-refractivity contribution in [3.05, 3.63) is 84.2 Å². The Kier molecular flexibility index (Phi) is 4.72. The second kappa shape index (κ2) is 7.10. The normalized spacial score (nSPS) is 13.2. The second-order valence-electron chi connectivity index (χ2n) is 5.59. The van der Waals surface area contributed by atoms with Gasteiger partial charge in [-0.05, 0) is 36.2 Å². The van der Waals surface area contributed by atoms with E-state index in [9.17, 15) is 9.90 Å². The first kappa shape index (κ1) is 16.0. The quantitative estimate of drug-likeness (QED) is 0.759. The minimum absolute atomic E-state index is 0.230. The molecule has 0 aliphatic carbocycles. The van der Waals surface area contributed by atoms with E-state index in [1.165, 1.54) is 0 Å². The van der Waals surface area contributed by atoms with Gasteiger partial charge < -0.3 is 10.4 Å². The summed E-state index contributed by atoms with van der Waals surface area (Å²) in [6.07, 6.45) is 2.40. The van der Waals surface area contributed by atoms with Crippen LogP contribution in [-0.2, 0) is 4.79 Å². The van der Waals surface area contributed by atoms with E-state index in [0.29, 0.717) is 5.56 Å². The highest BCUT2D eigenvalue weighted by Crippen LogP contribution is 2.19. The van der Waals surface area contributed by atoms with Crippen LogP contribution >= 0.6 is 0 Å². The molecule has 5 heteroatoms. The maximum atomic E-state index is 12.3. The molecule has 3 aromatic rings. The Bertz CT molecular complexity index is 800. The smallest absolute Gasteiger partial charge is 0.253 e. The Morgan fingerprint density at radius 2 is 1.83 bits per heavy atom.